The zero-order chi connectivity index (χ0) is 8.97. The van der Waals surface area contributed by atoms with Gasteiger partial charge in [0.1, 0.15) is 0 Å². The fourth-order valence-corrected chi connectivity index (χ4v) is 1.02. The summed E-state index contributed by atoms with van der Waals surface area (Å²) in [4.78, 5) is 0. The average molecular weight is 169 g/mol. The second kappa shape index (κ2) is 4.11. The molecule has 0 aliphatic heterocycles. The van der Waals surface area contributed by atoms with Crippen molar-refractivity contribution >= 4 is 5.69 Å². The number of methoxy groups -OCH3 is 1. The Bertz CT molecular complexity index is 225. The van der Waals surface area contributed by atoms with Crippen LogP contribution >= 0.6 is 0 Å². The van der Waals surface area contributed by atoms with Crippen LogP contribution in [0.4, 0.5) is 5.69 Å². The molecule has 0 aliphatic carbocycles. The van der Waals surface area contributed by atoms with E-state index >= 15 is 0 Å². The van der Waals surface area contributed by atoms with Crippen molar-refractivity contribution in [3.8, 4) is 0 Å². The van der Waals surface area contributed by atoms with Gasteiger partial charge in [0.15, 0.2) is 0 Å². The van der Waals surface area contributed by atoms with Gasteiger partial charge in [0.2, 0.25) is 0 Å². The Morgan fingerprint density at radius 1 is 1.67 bits per heavy atom. The Morgan fingerprint density at radius 2 is 2.42 bits per heavy atom. The fraction of sp³-hybridized carbons (Fsp3) is 0.625. The van der Waals surface area contributed by atoms with Crippen LogP contribution in [0.5, 0.6) is 0 Å². The molecule has 2 N–H and O–H groups in total. The average Bonchev–Trinajstić information content (AvgIpc) is 2.32. The molecule has 1 aromatic heterocycles. The number of nitrogen functional groups attached to an aromatic ring is 1. The standard InChI is InChI=1S/C8H15N3O/c1-7-8(9)6-11(10-7)4-3-5-12-2/h6H,3-5,9H2,1-2H3. The molecule has 0 atom stereocenters. The van der Waals surface area contributed by atoms with Crippen molar-refractivity contribution in [3.63, 3.8) is 0 Å². The summed E-state index contributed by atoms with van der Waals surface area (Å²) in [5.41, 5.74) is 7.28. The summed E-state index contributed by atoms with van der Waals surface area (Å²) in [6.45, 7) is 3.53. The molecule has 0 aliphatic rings. The van der Waals surface area contributed by atoms with Crippen molar-refractivity contribution < 1.29 is 4.74 Å². The van der Waals surface area contributed by atoms with E-state index in [9.17, 15) is 0 Å². The van der Waals surface area contributed by atoms with Crippen molar-refractivity contribution in [2.45, 2.75) is 19.9 Å². The maximum atomic E-state index is 5.63. The molecule has 12 heavy (non-hydrogen) atoms. The molecule has 0 bridgehead atoms. The van der Waals surface area contributed by atoms with Gasteiger partial charge >= 0.3 is 0 Å². The molecule has 0 amide bonds. The lowest BCUT2D eigenvalue weighted by Gasteiger charge is -1.99. The van der Waals surface area contributed by atoms with E-state index < -0.39 is 0 Å². The number of hydrogen-bond donors (Lipinski definition) is 1. The van der Waals surface area contributed by atoms with E-state index in [0.717, 1.165) is 31.0 Å². The van der Waals surface area contributed by atoms with Crippen molar-refractivity contribution in [1.29, 1.82) is 0 Å². The molecule has 4 nitrogen and oxygen atoms in total. The summed E-state index contributed by atoms with van der Waals surface area (Å²) in [5.74, 6) is 0. The van der Waals surface area contributed by atoms with E-state index in [0.29, 0.717) is 0 Å². The molecule has 0 saturated heterocycles. The summed E-state index contributed by atoms with van der Waals surface area (Å²) in [6, 6.07) is 0. The van der Waals surface area contributed by atoms with Crippen molar-refractivity contribution in [3.05, 3.63) is 11.9 Å². The first-order valence-corrected chi connectivity index (χ1v) is 4.02. The van der Waals surface area contributed by atoms with Gasteiger partial charge in [-0.1, -0.05) is 0 Å². The third-order valence-corrected chi connectivity index (χ3v) is 1.72. The van der Waals surface area contributed by atoms with Gasteiger partial charge in [-0.2, -0.15) is 5.10 Å². The first-order chi connectivity index (χ1) is 5.74. The van der Waals surface area contributed by atoms with Gasteiger partial charge in [0, 0.05) is 26.5 Å². The van der Waals surface area contributed by atoms with Crippen LogP contribution in [0.15, 0.2) is 6.20 Å². The largest absolute Gasteiger partial charge is 0.396 e. The van der Waals surface area contributed by atoms with Crippen LogP contribution in [0.1, 0.15) is 12.1 Å². The Labute approximate surface area is 72.3 Å². The van der Waals surface area contributed by atoms with Gasteiger partial charge in [-0.05, 0) is 13.3 Å². The number of aromatic nitrogens is 2. The van der Waals surface area contributed by atoms with Crippen molar-refractivity contribution in [2.75, 3.05) is 19.5 Å². The fourth-order valence-electron chi connectivity index (χ4n) is 1.02. The Morgan fingerprint density at radius 3 is 2.92 bits per heavy atom. The first-order valence-electron chi connectivity index (χ1n) is 4.02. The minimum Gasteiger partial charge on any atom is -0.396 e. The lowest BCUT2D eigenvalue weighted by molar-refractivity contribution is 0.189. The van der Waals surface area contributed by atoms with Crippen LogP contribution in [0, 0.1) is 6.92 Å². The molecular weight excluding hydrogens is 154 g/mol. The number of hydrogen-bond acceptors (Lipinski definition) is 3. The molecule has 0 fully saturated rings. The summed E-state index contributed by atoms with van der Waals surface area (Å²) in [6.07, 6.45) is 2.82. The SMILES string of the molecule is COCCCn1cc(N)c(C)n1. The number of nitrogens with zero attached hydrogens (tertiary/aromatic N) is 2. The highest BCUT2D eigenvalue weighted by molar-refractivity contribution is 5.39. The van der Waals surface area contributed by atoms with Crippen molar-refractivity contribution in [1.82, 2.24) is 9.78 Å². The van der Waals surface area contributed by atoms with E-state index in [1.807, 2.05) is 17.8 Å². The molecule has 1 aromatic rings. The van der Waals surface area contributed by atoms with Gasteiger partial charge in [-0.15, -0.1) is 0 Å². The van der Waals surface area contributed by atoms with E-state index in [-0.39, 0.29) is 0 Å². The summed E-state index contributed by atoms with van der Waals surface area (Å²) < 4.78 is 6.78. The predicted octanol–water partition coefficient (Wildman–Crippen LogP) is 0.810. The third kappa shape index (κ3) is 2.23. The van der Waals surface area contributed by atoms with Crippen LogP contribution < -0.4 is 5.73 Å². The van der Waals surface area contributed by atoms with Gasteiger partial charge in [0.05, 0.1) is 11.4 Å². The minimum absolute atomic E-state index is 0.757. The topological polar surface area (TPSA) is 53.1 Å². The maximum absolute atomic E-state index is 5.63. The highest BCUT2D eigenvalue weighted by Gasteiger charge is 1.99. The van der Waals surface area contributed by atoms with Gasteiger partial charge < -0.3 is 10.5 Å². The summed E-state index contributed by atoms with van der Waals surface area (Å²) in [5, 5.41) is 4.22. The molecule has 1 rings (SSSR count). The van der Waals surface area contributed by atoms with Crippen LogP contribution in [-0.4, -0.2) is 23.5 Å². The lowest BCUT2D eigenvalue weighted by Crippen LogP contribution is -2.01. The molecule has 1 heterocycles. The molecule has 68 valence electrons. The number of aryl methyl sites for hydroxylation is 2. The maximum Gasteiger partial charge on any atom is 0.0822 e. The van der Waals surface area contributed by atoms with E-state index in [1.165, 1.54) is 0 Å². The van der Waals surface area contributed by atoms with E-state index in [1.54, 1.807) is 7.11 Å². The lowest BCUT2D eigenvalue weighted by atomic mass is 10.4. The number of ether oxygens (including phenoxy) is 1. The van der Waals surface area contributed by atoms with Crippen LogP contribution in [0.25, 0.3) is 0 Å². The minimum atomic E-state index is 0.757. The van der Waals surface area contributed by atoms with Crippen LogP contribution in [0.2, 0.25) is 0 Å². The Hall–Kier alpha value is -1.03. The molecule has 0 unspecified atom stereocenters. The monoisotopic (exact) mass is 169 g/mol. The number of rotatable bonds is 4. The molecular formula is C8H15N3O. The predicted molar refractivity (Wildman–Crippen MR) is 47.9 cm³/mol. The highest BCUT2D eigenvalue weighted by atomic mass is 16.5. The Kier molecular flexibility index (Phi) is 3.10. The Balaban J connectivity index is 2.42. The van der Waals surface area contributed by atoms with Crippen molar-refractivity contribution in [2.24, 2.45) is 0 Å². The molecule has 4 heteroatoms. The normalized spacial score (nSPS) is 10.5. The van der Waals surface area contributed by atoms with Gasteiger partial charge in [-0.3, -0.25) is 4.68 Å². The second-order valence-electron chi connectivity index (χ2n) is 2.78. The van der Waals surface area contributed by atoms with Crippen LogP contribution in [0.3, 0.4) is 0 Å². The quantitative estimate of drug-likeness (QED) is 0.678. The second-order valence-corrected chi connectivity index (χ2v) is 2.78. The third-order valence-electron chi connectivity index (χ3n) is 1.72. The van der Waals surface area contributed by atoms with Crippen LogP contribution in [-0.2, 0) is 11.3 Å². The smallest absolute Gasteiger partial charge is 0.0822 e. The number of anilines is 1. The zero-order valence-electron chi connectivity index (χ0n) is 7.58. The van der Waals surface area contributed by atoms with Gasteiger partial charge in [0.25, 0.3) is 0 Å². The first kappa shape index (κ1) is 9.06. The zero-order valence-corrected chi connectivity index (χ0v) is 7.58. The molecule has 0 radical (unpaired) electrons. The molecule has 0 saturated carbocycles. The van der Waals surface area contributed by atoms with Gasteiger partial charge in [-0.25, -0.2) is 0 Å². The molecule has 0 spiro atoms. The molecule has 0 aromatic carbocycles. The summed E-state index contributed by atoms with van der Waals surface area (Å²) in [7, 11) is 1.70. The summed E-state index contributed by atoms with van der Waals surface area (Å²) >= 11 is 0. The highest BCUT2D eigenvalue weighted by Crippen LogP contribution is 2.06. The van der Waals surface area contributed by atoms with E-state index in [4.69, 9.17) is 10.5 Å². The number of nitrogens with two attached hydrogens (primary N) is 1. The van der Waals surface area contributed by atoms with E-state index in [2.05, 4.69) is 5.10 Å².